The molecule has 1 saturated heterocycles. The highest BCUT2D eigenvalue weighted by molar-refractivity contribution is 5.96. The molecule has 5 nitrogen and oxygen atoms in total. The van der Waals surface area contributed by atoms with E-state index >= 15 is 0 Å². The third-order valence-electron chi connectivity index (χ3n) is 5.70. The molecule has 154 valence electrons. The molecule has 1 aromatic rings. The first-order chi connectivity index (χ1) is 13.3. The molecule has 0 bridgehead atoms. The van der Waals surface area contributed by atoms with E-state index in [1.807, 2.05) is 0 Å². The van der Waals surface area contributed by atoms with E-state index in [2.05, 4.69) is 10.6 Å². The van der Waals surface area contributed by atoms with Gasteiger partial charge in [0.15, 0.2) is 0 Å². The minimum atomic E-state index is -4.56. The lowest BCUT2D eigenvalue weighted by Gasteiger charge is -2.25. The molecule has 1 aliphatic heterocycles. The van der Waals surface area contributed by atoms with E-state index in [0.29, 0.717) is 18.5 Å². The van der Waals surface area contributed by atoms with Crippen LogP contribution in [0.25, 0.3) is 0 Å². The van der Waals surface area contributed by atoms with Crippen LogP contribution in [0.5, 0.6) is 0 Å². The van der Waals surface area contributed by atoms with E-state index in [1.54, 1.807) is 6.92 Å². The molecule has 1 aromatic carbocycles. The first-order valence-electron chi connectivity index (χ1n) is 9.80. The Morgan fingerprint density at radius 3 is 2.61 bits per heavy atom. The average Bonchev–Trinajstić information content (AvgIpc) is 3.09. The van der Waals surface area contributed by atoms with Gasteiger partial charge in [0.25, 0.3) is 0 Å². The van der Waals surface area contributed by atoms with Crippen molar-refractivity contribution in [1.82, 2.24) is 10.2 Å². The molecule has 8 heteroatoms. The number of amides is 2. The standard InChI is InChI=1S/C20H26F3N3O2/c1-2-26(19(28)17-11-13-7-3-5-9-15(13)24-17)12-18(27)25-16-10-6-4-8-14(16)20(21,22)23/h4,6,8,10,13,15,17,24H,2-3,5,7,9,11-12H2,1H3,(H,25,27). The van der Waals surface area contributed by atoms with Gasteiger partial charge in [-0.3, -0.25) is 9.59 Å². The topological polar surface area (TPSA) is 61.4 Å². The maximum absolute atomic E-state index is 13.1. The fraction of sp³-hybridized carbons (Fsp3) is 0.600. The Balaban J connectivity index is 1.62. The number of fused-ring (bicyclic) bond motifs is 1. The molecule has 3 rings (SSSR count). The predicted octanol–water partition coefficient (Wildman–Crippen LogP) is 3.41. The Bertz CT molecular complexity index is 709. The molecular weight excluding hydrogens is 371 g/mol. The molecule has 1 heterocycles. The molecular formula is C20H26F3N3O2. The van der Waals surface area contributed by atoms with Crippen molar-refractivity contribution >= 4 is 17.5 Å². The molecule has 0 aromatic heterocycles. The number of hydrogen-bond acceptors (Lipinski definition) is 3. The molecule has 2 N–H and O–H groups in total. The molecule has 1 aliphatic carbocycles. The SMILES string of the molecule is CCN(CC(=O)Nc1ccccc1C(F)(F)F)C(=O)C1CC2CCCCC2N1. The van der Waals surface area contributed by atoms with Crippen molar-refractivity contribution in [3.05, 3.63) is 29.8 Å². The highest BCUT2D eigenvalue weighted by atomic mass is 19.4. The Morgan fingerprint density at radius 1 is 1.21 bits per heavy atom. The second-order valence-electron chi connectivity index (χ2n) is 7.55. The number of halogens is 3. The smallest absolute Gasteiger partial charge is 0.332 e. The van der Waals surface area contributed by atoms with Gasteiger partial charge in [0.1, 0.15) is 0 Å². The fourth-order valence-corrected chi connectivity index (χ4v) is 4.28. The third kappa shape index (κ3) is 4.66. The predicted molar refractivity (Wildman–Crippen MR) is 99.6 cm³/mol. The summed E-state index contributed by atoms with van der Waals surface area (Å²) in [6.45, 7) is 1.81. The van der Waals surface area contributed by atoms with Crippen molar-refractivity contribution < 1.29 is 22.8 Å². The summed E-state index contributed by atoms with van der Waals surface area (Å²) in [6, 6.07) is 4.87. The zero-order valence-electron chi connectivity index (χ0n) is 15.9. The van der Waals surface area contributed by atoms with Crippen LogP contribution in [0, 0.1) is 5.92 Å². The lowest BCUT2D eigenvalue weighted by molar-refractivity contribution is -0.137. The molecule has 2 fully saturated rings. The molecule has 1 saturated carbocycles. The van der Waals surface area contributed by atoms with Gasteiger partial charge in [0.2, 0.25) is 11.8 Å². The quantitative estimate of drug-likeness (QED) is 0.801. The zero-order chi connectivity index (χ0) is 20.3. The summed E-state index contributed by atoms with van der Waals surface area (Å²) in [5.74, 6) is -0.299. The van der Waals surface area contributed by atoms with Crippen LogP contribution in [0.2, 0.25) is 0 Å². The van der Waals surface area contributed by atoms with Crippen LogP contribution < -0.4 is 10.6 Å². The van der Waals surface area contributed by atoms with Gasteiger partial charge < -0.3 is 15.5 Å². The second-order valence-corrected chi connectivity index (χ2v) is 7.55. The van der Waals surface area contributed by atoms with Crippen LogP contribution in [0.1, 0.15) is 44.6 Å². The number of nitrogens with one attached hydrogen (secondary N) is 2. The lowest BCUT2D eigenvalue weighted by atomic mass is 9.85. The molecule has 2 amide bonds. The molecule has 3 atom stereocenters. The summed E-state index contributed by atoms with van der Waals surface area (Å²) in [5, 5.41) is 5.69. The molecule has 28 heavy (non-hydrogen) atoms. The van der Waals surface area contributed by atoms with Gasteiger partial charge >= 0.3 is 6.18 Å². The van der Waals surface area contributed by atoms with Crippen LogP contribution in [-0.4, -0.2) is 41.9 Å². The number of carbonyl (C=O) groups excluding carboxylic acids is 2. The summed E-state index contributed by atoms with van der Waals surface area (Å²) < 4.78 is 39.2. The van der Waals surface area contributed by atoms with E-state index in [4.69, 9.17) is 0 Å². The van der Waals surface area contributed by atoms with Crippen molar-refractivity contribution in [1.29, 1.82) is 0 Å². The first kappa shape index (κ1) is 20.6. The Morgan fingerprint density at radius 2 is 1.93 bits per heavy atom. The Labute approximate surface area is 162 Å². The number of anilines is 1. The van der Waals surface area contributed by atoms with Crippen LogP contribution >= 0.6 is 0 Å². The van der Waals surface area contributed by atoms with Gasteiger partial charge in [-0.15, -0.1) is 0 Å². The highest BCUT2D eigenvalue weighted by Crippen LogP contribution is 2.35. The summed E-state index contributed by atoms with van der Waals surface area (Å²) in [4.78, 5) is 26.6. The minimum absolute atomic E-state index is 0.156. The monoisotopic (exact) mass is 397 g/mol. The van der Waals surface area contributed by atoms with Crippen LogP contribution in [-0.2, 0) is 15.8 Å². The van der Waals surface area contributed by atoms with Crippen LogP contribution in [0.15, 0.2) is 24.3 Å². The maximum Gasteiger partial charge on any atom is 0.418 e. The molecule has 3 unspecified atom stereocenters. The van der Waals surface area contributed by atoms with Gasteiger partial charge in [0.05, 0.1) is 23.8 Å². The molecule has 2 aliphatic rings. The first-order valence-corrected chi connectivity index (χ1v) is 9.80. The average molecular weight is 397 g/mol. The van der Waals surface area contributed by atoms with Crippen LogP contribution in [0.3, 0.4) is 0 Å². The van der Waals surface area contributed by atoms with Gasteiger partial charge in [0, 0.05) is 12.6 Å². The summed E-state index contributed by atoms with van der Waals surface area (Å²) >= 11 is 0. The third-order valence-corrected chi connectivity index (χ3v) is 5.70. The highest BCUT2D eigenvalue weighted by Gasteiger charge is 2.40. The Kier molecular flexibility index (Phi) is 6.27. The number of likely N-dealkylation sites (N-methyl/N-ethyl adjacent to an activating group) is 1. The summed E-state index contributed by atoms with van der Waals surface area (Å²) in [5.41, 5.74) is -1.20. The van der Waals surface area contributed by atoms with Gasteiger partial charge in [-0.1, -0.05) is 25.0 Å². The zero-order valence-corrected chi connectivity index (χ0v) is 15.9. The van der Waals surface area contributed by atoms with Gasteiger partial charge in [-0.2, -0.15) is 13.2 Å². The van der Waals surface area contributed by atoms with Crippen molar-refractivity contribution in [2.24, 2.45) is 5.92 Å². The van der Waals surface area contributed by atoms with Crippen LogP contribution in [0.4, 0.5) is 18.9 Å². The van der Waals surface area contributed by atoms with Crippen molar-refractivity contribution in [2.45, 2.75) is 57.3 Å². The number of nitrogens with zero attached hydrogens (tertiary/aromatic N) is 1. The number of para-hydroxylation sites is 1. The largest absolute Gasteiger partial charge is 0.418 e. The van der Waals surface area contributed by atoms with E-state index in [9.17, 15) is 22.8 Å². The maximum atomic E-state index is 13.1. The summed E-state index contributed by atoms with van der Waals surface area (Å²) in [6.07, 6.45) is 0.722. The number of benzene rings is 1. The van der Waals surface area contributed by atoms with Crippen molar-refractivity contribution in [3.63, 3.8) is 0 Å². The van der Waals surface area contributed by atoms with Crippen molar-refractivity contribution in [3.8, 4) is 0 Å². The van der Waals surface area contributed by atoms with E-state index in [1.165, 1.54) is 29.5 Å². The molecule has 0 radical (unpaired) electrons. The minimum Gasteiger partial charge on any atom is -0.332 e. The van der Waals surface area contributed by atoms with Gasteiger partial charge in [-0.25, -0.2) is 0 Å². The molecule has 0 spiro atoms. The van der Waals surface area contributed by atoms with Crippen molar-refractivity contribution in [2.75, 3.05) is 18.4 Å². The van der Waals surface area contributed by atoms with E-state index in [0.717, 1.165) is 31.7 Å². The number of carbonyl (C=O) groups is 2. The van der Waals surface area contributed by atoms with E-state index < -0.39 is 17.6 Å². The summed E-state index contributed by atoms with van der Waals surface area (Å²) in [7, 11) is 0. The second kappa shape index (κ2) is 8.51. The normalized spacial score (nSPS) is 24.5. The number of hydrogen-bond donors (Lipinski definition) is 2. The Hall–Kier alpha value is -2.09. The van der Waals surface area contributed by atoms with E-state index in [-0.39, 0.29) is 24.2 Å². The van der Waals surface area contributed by atoms with Gasteiger partial charge in [-0.05, 0) is 44.2 Å². The number of alkyl halides is 3. The lowest BCUT2D eigenvalue weighted by Crippen LogP contribution is -2.47. The number of rotatable bonds is 5. The fourth-order valence-electron chi connectivity index (χ4n) is 4.28.